The third-order valence-corrected chi connectivity index (χ3v) is 3.68. The van der Waals surface area contributed by atoms with E-state index in [0.717, 1.165) is 5.56 Å². The highest BCUT2D eigenvalue weighted by molar-refractivity contribution is 6.06. The first-order valence-corrected chi connectivity index (χ1v) is 7.52. The quantitative estimate of drug-likeness (QED) is 0.704. The minimum absolute atomic E-state index is 0.119. The lowest BCUT2D eigenvalue weighted by molar-refractivity contribution is 0.102. The van der Waals surface area contributed by atoms with Crippen LogP contribution >= 0.6 is 0 Å². The maximum absolute atomic E-state index is 12.4. The number of anilines is 1. The molecule has 0 aliphatic rings. The van der Waals surface area contributed by atoms with Gasteiger partial charge in [-0.1, -0.05) is 36.4 Å². The number of hydrogen-bond donors (Lipinski definition) is 2. The molecule has 0 bridgehead atoms. The van der Waals surface area contributed by atoms with Gasteiger partial charge in [-0.05, 0) is 36.4 Å². The number of hydrogen-bond acceptors (Lipinski definition) is 3. The lowest BCUT2D eigenvalue weighted by Crippen LogP contribution is -2.12. The monoisotopic (exact) mass is 319 g/mol. The number of benzene rings is 3. The first-order valence-electron chi connectivity index (χ1n) is 7.52. The van der Waals surface area contributed by atoms with Gasteiger partial charge in [0.15, 0.2) is 0 Å². The number of para-hydroxylation sites is 1. The molecule has 0 aliphatic heterocycles. The van der Waals surface area contributed by atoms with E-state index in [1.165, 1.54) is 0 Å². The third kappa shape index (κ3) is 3.22. The molecule has 0 saturated carbocycles. The van der Waals surface area contributed by atoms with Crippen LogP contribution in [0.3, 0.4) is 0 Å². The summed E-state index contributed by atoms with van der Waals surface area (Å²) in [6, 6.07) is 21.3. The molecular weight excluding hydrogens is 302 g/mol. The van der Waals surface area contributed by atoms with Crippen LogP contribution in [0, 0.1) is 0 Å². The Labute approximate surface area is 140 Å². The van der Waals surface area contributed by atoms with Gasteiger partial charge in [-0.15, -0.1) is 0 Å². The lowest BCUT2D eigenvalue weighted by atomic mass is 10.0. The van der Waals surface area contributed by atoms with Crippen molar-refractivity contribution in [2.45, 2.75) is 0 Å². The first kappa shape index (κ1) is 15.6. The normalized spacial score (nSPS) is 10.2. The molecule has 0 heterocycles. The standard InChI is InChI=1S/C20H17NO3/c1-24-19-10-6-5-9-16(19)17-13-15(22)11-12-18(17)21-20(23)14-7-3-2-4-8-14/h2-13,22H,1H3,(H,21,23). The Morgan fingerprint density at radius 2 is 1.62 bits per heavy atom. The predicted octanol–water partition coefficient (Wildman–Crippen LogP) is 4.32. The first-order chi connectivity index (χ1) is 11.7. The summed E-state index contributed by atoms with van der Waals surface area (Å²) >= 11 is 0. The molecule has 3 aromatic carbocycles. The Bertz CT molecular complexity index is 860. The number of amides is 1. The van der Waals surface area contributed by atoms with Gasteiger partial charge in [-0.2, -0.15) is 0 Å². The molecule has 0 fully saturated rings. The summed E-state index contributed by atoms with van der Waals surface area (Å²) in [5.41, 5.74) is 2.65. The maximum Gasteiger partial charge on any atom is 0.255 e. The average molecular weight is 319 g/mol. The highest BCUT2D eigenvalue weighted by Gasteiger charge is 2.14. The van der Waals surface area contributed by atoms with Gasteiger partial charge in [0.1, 0.15) is 11.5 Å². The summed E-state index contributed by atoms with van der Waals surface area (Å²) in [5.74, 6) is 0.573. The maximum atomic E-state index is 12.4. The SMILES string of the molecule is COc1ccccc1-c1cc(O)ccc1NC(=O)c1ccccc1. The van der Waals surface area contributed by atoms with E-state index < -0.39 is 0 Å². The Balaban J connectivity index is 2.02. The van der Waals surface area contributed by atoms with Crippen molar-refractivity contribution in [3.8, 4) is 22.6 Å². The van der Waals surface area contributed by atoms with Crippen molar-refractivity contribution in [2.75, 3.05) is 12.4 Å². The number of ether oxygens (including phenoxy) is 1. The second-order valence-electron chi connectivity index (χ2n) is 5.25. The molecule has 3 rings (SSSR count). The Hall–Kier alpha value is -3.27. The van der Waals surface area contributed by atoms with Crippen molar-refractivity contribution in [2.24, 2.45) is 0 Å². The fourth-order valence-electron chi connectivity index (χ4n) is 2.52. The van der Waals surface area contributed by atoms with Gasteiger partial charge >= 0.3 is 0 Å². The van der Waals surface area contributed by atoms with E-state index in [1.807, 2.05) is 42.5 Å². The second kappa shape index (κ2) is 6.87. The smallest absolute Gasteiger partial charge is 0.255 e. The van der Waals surface area contributed by atoms with Crippen molar-refractivity contribution < 1.29 is 14.6 Å². The minimum Gasteiger partial charge on any atom is -0.508 e. The molecule has 3 aromatic rings. The zero-order chi connectivity index (χ0) is 16.9. The molecule has 24 heavy (non-hydrogen) atoms. The molecule has 1 amide bonds. The van der Waals surface area contributed by atoms with Crippen molar-refractivity contribution in [3.05, 3.63) is 78.4 Å². The fourth-order valence-corrected chi connectivity index (χ4v) is 2.52. The lowest BCUT2D eigenvalue weighted by Gasteiger charge is -2.14. The zero-order valence-electron chi connectivity index (χ0n) is 13.2. The molecule has 0 radical (unpaired) electrons. The molecule has 0 unspecified atom stereocenters. The van der Waals surface area contributed by atoms with E-state index in [4.69, 9.17) is 4.74 Å². The Morgan fingerprint density at radius 3 is 2.38 bits per heavy atom. The highest BCUT2D eigenvalue weighted by Crippen LogP contribution is 2.37. The van der Waals surface area contributed by atoms with E-state index in [1.54, 1.807) is 37.4 Å². The summed E-state index contributed by atoms with van der Waals surface area (Å²) in [6.45, 7) is 0. The number of aromatic hydroxyl groups is 1. The van der Waals surface area contributed by atoms with Gasteiger partial charge in [0.05, 0.1) is 7.11 Å². The molecule has 0 aliphatic carbocycles. The summed E-state index contributed by atoms with van der Waals surface area (Å²) in [4.78, 5) is 12.4. The molecule has 120 valence electrons. The summed E-state index contributed by atoms with van der Waals surface area (Å²) in [7, 11) is 1.59. The Kier molecular flexibility index (Phi) is 4.47. The van der Waals surface area contributed by atoms with Crippen molar-refractivity contribution in [1.82, 2.24) is 0 Å². The molecular formula is C20H17NO3. The molecule has 0 aromatic heterocycles. The van der Waals surface area contributed by atoms with Crippen LogP contribution in [-0.2, 0) is 0 Å². The van der Waals surface area contributed by atoms with Crippen LogP contribution in [0.15, 0.2) is 72.8 Å². The van der Waals surface area contributed by atoms with Crippen LogP contribution in [0.25, 0.3) is 11.1 Å². The van der Waals surface area contributed by atoms with E-state index in [-0.39, 0.29) is 11.7 Å². The molecule has 4 heteroatoms. The topological polar surface area (TPSA) is 58.6 Å². The van der Waals surface area contributed by atoms with Crippen LogP contribution in [-0.4, -0.2) is 18.1 Å². The molecule has 4 nitrogen and oxygen atoms in total. The number of phenols is 1. The third-order valence-electron chi connectivity index (χ3n) is 3.68. The van der Waals surface area contributed by atoms with E-state index in [0.29, 0.717) is 22.6 Å². The van der Waals surface area contributed by atoms with E-state index >= 15 is 0 Å². The fraction of sp³-hybridized carbons (Fsp3) is 0.0500. The van der Waals surface area contributed by atoms with Gasteiger partial charge in [-0.3, -0.25) is 4.79 Å². The zero-order valence-corrected chi connectivity index (χ0v) is 13.2. The molecule has 0 atom stereocenters. The van der Waals surface area contributed by atoms with Crippen molar-refractivity contribution >= 4 is 11.6 Å². The van der Waals surface area contributed by atoms with Gasteiger partial charge in [-0.25, -0.2) is 0 Å². The summed E-state index contributed by atoms with van der Waals surface area (Å²) < 4.78 is 5.39. The largest absolute Gasteiger partial charge is 0.508 e. The number of rotatable bonds is 4. The van der Waals surface area contributed by atoms with Gasteiger partial charge in [0.2, 0.25) is 0 Å². The van der Waals surface area contributed by atoms with Crippen LogP contribution in [0.5, 0.6) is 11.5 Å². The van der Waals surface area contributed by atoms with Crippen LogP contribution < -0.4 is 10.1 Å². The second-order valence-corrected chi connectivity index (χ2v) is 5.25. The summed E-state index contributed by atoms with van der Waals surface area (Å²) in [6.07, 6.45) is 0. The predicted molar refractivity (Wildman–Crippen MR) is 94.5 cm³/mol. The van der Waals surface area contributed by atoms with Crippen LogP contribution in [0.1, 0.15) is 10.4 Å². The van der Waals surface area contributed by atoms with Crippen molar-refractivity contribution in [3.63, 3.8) is 0 Å². The number of methoxy groups -OCH3 is 1. The van der Waals surface area contributed by atoms with E-state index in [9.17, 15) is 9.90 Å². The Morgan fingerprint density at radius 1 is 0.917 bits per heavy atom. The van der Waals surface area contributed by atoms with Gasteiger partial charge < -0.3 is 15.2 Å². The minimum atomic E-state index is -0.211. The van der Waals surface area contributed by atoms with Gasteiger partial charge in [0, 0.05) is 22.4 Å². The van der Waals surface area contributed by atoms with E-state index in [2.05, 4.69) is 5.32 Å². The number of carbonyl (C=O) groups is 1. The number of phenolic OH excluding ortho intramolecular Hbond substituents is 1. The number of nitrogens with one attached hydrogen (secondary N) is 1. The average Bonchev–Trinajstić information content (AvgIpc) is 2.63. The summed E-state index contributed by atoms with van der Waals surface area (Å²) in [5, 5.41) is 12.8. The van der Waals surface area contributed by atoms with Gasteiger partial charge in [0.25, 0.3) is 5.91 Å². The van der Waals surface area contributed by atoms with Crippen LogP contribution in [0.2, 0.25) is 0 Å². The molecule has 0 saturated heterocycles. The highest BCUT2D eigenvalue weighted by atomic mass is 16.5. The molecule has 0 spiro atoms. The molecule has 2 N–H and O–H groups in total. The van der Waals surface area contributed by atoms with Crippen LogP contribution in [0.4, 0.5) is 5.69 Å². The van der Waals surface area contributed by atoms with Crippen molar-refractivity contribution in [1.29, 1.82) is 0 Å². The number of carbonyl (C=O) groups excluding carboxylic acids is 1.